The first kappa shape index (κ1) is 8.46. The fourth-order valence-electron chi connectivity index (χ4n) is 0.983. The Hall–Kier alpha value is -0.640. The molecule has 62 valence electrons. The molecule has 0 atom stereocenters. The summed E-state index contributed by atoms with van der Waals surface area (Å²) >= 11 is 4.87. The number of hydrogen-bond acceptors (Lipinski definition) is 2. The van der Waals surface area contributed by atoms with Crippen LogP contribution in [0.25, 0.3) is 0 Å². The van der Waals surface area contributed by atoms with Crippen molar-refractivity contribution in [3.63, 3.8) is 0 Å². The fraction of sp³-hybridized carbons (Fsp3) is 0.714. The van der Waals surface area contributed by atoms with Gasteiger partial charge in [-0.25, -0.2) is 4.79 Å². The average molecular weight is 172 g/mol. The Morgan fingerprint density at radius 2 is 2.09 bits per heavy atom. The van der Waals surface area contributed by atoms with Crippen LogP contribution in [0.2, 0.25) is 0 Å². The van der Waals surface area contributed by atoms with Crippen molar-refractivity contribution in [1.29, 1.82) is 0 Å². The molecule has 2 amide bonds. The van der Waals surface area contributed by atoms with E-state index in [0.717, 1.165) is 0 Å². The molecule has 0 spiro atoms. The van der Waals surface area contributed by atoms with Gasteiger partial charge in [-0.1, -0.05) is 12.2 Å². The molecule has 0 unspecified atom stereocenters. The Balaban J connectivity index is 2.76. The summed E-state index contributed by atoms with van der Waals surface area (Å²) in [4.78, 5) is 13.5. The van der Waals surface area contributed by atoms with Gasteiger partial charge in [0.25, 0.3) is 0 Å². The second-order valence-corrected chi connectivity index (χ2v) is 4.10. The van der Waals surface area contributed by atoms with Gasteiger partial charge in [-0.3, -0.25) is 0 Å². The number of carbonyl (C=O) groups excluding carboxylic acids is 1. The summed E-state index contributed by atoms with van der Waals surface area (Å²) in [5, 5.41) is 2.59. The summed E-state index contributed by atoms with van der Waals surface area (Å²) in [6.07, 6.45) is 0. The van der Waals surface area contributed by atoms with Crippen LogP contribution in [0.1, 0.15) is 20.8 Å². The summed E-state index contributed by atoms with van der Waals surface area (Å²) in [7, 11) is 0. The lowest BCUT2D eigenvalue weighted by Crippen LogP contribution is -2.43. The first-order valence-corrected chi connectivity index (χ1v) is 3.93. The third-order valence-corrected chi connectivity index (χ3v) is 1.83. The summed E-state index contributed by atoms with van der Waals surface area (Å²) in [6.45, 7) is 6.51. The van der Waals surface area contributed by atoms with Crippen LogP contribution in [0, 0.1) is 0 Å². The quantitative estimate of drug-likeness (QED) is 0.556. The summed E-state index contributed by atoms with van der Waals surface area (Å²) in [5.74, 6) is 0. The van der Waals surface area contributed by atoms with Gasteiger partial charge in [-0.2, -0.15) is 0 Å². The maximum Gasteiger partial charge on any atom is 0.323 e. The Bertz CT molecular complexity index is 207. The van der Waals surface area contributed by atoms with E-state index in [1.165, 1.54) is 0 Å². The molecule has 0 aromatic carbocycles. The number of thiocarbonyl (C=S) groups is 1. The second kappa shape index (κ2) is 2.44. The van der Waals surface area contributed by atoms with E-state index in [-0.39, 0.29) is 11.6 Å². The normalized spacial score (nSPS) is 19.0. The fourth-order valence-corrected chi connectivity index (χ4v) is 1.20. The molecule has 0 aromatic heterocycles. The highest BCUT2D eigenvalue weighted by atomic mass is 32.1. The van der Waals surface area contributed by atoms with E-state index < -0.39 is 0 Å². The van der Waals surface area contributed by atoms with Crippen LogP contribution >= 0.6 is 12.2 Å². The lowest BCUT2D eigenvalue weighted by atomic mass is 10.1. The highest BCUT2D eigenvalue weighted by molar-refractivity contribution is 7.80. The van der Waals surface area contributed by atoms with Gasteiger partial charge in [0.15, 0.2) is 0 Å². The van der Waals surface area contributed by atoms with Crippen molar-refractivity contribution in [3.05, 3.63) is 0 Å². The monoisotopic (exact) mass is 172 g/mol. The summed E-state index contributed by atoms with van der Waals surface area (Å²) in [5.41, 5.74) is -0.134. The van der Waals surface area contributed by atoms with Gasteiger partial charge in [-0.05, 0) is 20.8 Å². The van der Waals surface area contributed by atoms with Crippen molar-refractivity contribution in [3.8, 4) is 0 Å². The van der Waals surface area contributed by atoms with Crippen LogP contribution in [-0.2, 0) is 0 Å². The standard InChI is InChI=1S/C7H12N2OS/c1-7(2,3)9-4-5(11)8-6(9)10/h4H2,1-3H3,(H,8,10,11). The van der Waals surface area contributed by atoms with Gasteiger partial charge < -0.3 is 10.2 Å². The van der Waals surface area contributed by atoms with Crippen molar-refractivity contribution in [2.45, 2.75) is 26.3 Å². The van der Waals surface area contributed by atoms with E-state index in [2.05, 4.69) is 5.32 Å². The van der Waals surface area contributed by atoms with Crippen LogP contribution in [-0.4, -0.2) is 28.0 Å². The van der Waals surface area contributed by atoms with Crippen LogP contribution in [0.5, 0.6) is 0 Å². The Morgan fingerprint density at radius 1 is 1.55 bits per heavy atom. The first-order chi connectivity index (χ1) is 4.91. The van der Waals surface area contributed by atoms with E-state index >= 15 is 0 Å². The second-order valence-electron chi connectivity index (χ2n) is 3.61. The van der Waals surface area contributed by atoms with Gasteiger partial charge in [0.05, 0.1) is 6.54 Å². The van der Waals surface area contributed by atoms with Gasteiger partial charge in [0.2, 0.25) is 0 Å². The molecule has 0 bridgehead atoms. The molecule has 0 aliphatic carbocycles. The molecule has 1 aliphatic rings. The number of rotatable bonds is 0. The SMILES string of the molecule is CC(C)(C)N1CC(=S)NC1=O. The number of urea groups is 1. The van der Waals surface area contributed by atoms with Crippen LogP contribution in [0.4, 0.5) is 4.79 Å². The molecule has 3 nitrogen and oxygen atoms in total. The Labute approximate surface area is 71.8 Å². The average Bonchev–Trinajstić information content (AvgIpc) is 2.08. The topological polar surface area (TPSA) is 32.3 Å². The van der Waals surface area contributed by atoms with E-state index in [9.17, 15) is 4.79 Å². The molecular weight excluding hydrogens is 160 g/mol. The maximum atomic E-state index is 11.2. The molecule has 4 heteroatoms. The molecular formula is C7H12N2OS. The molecule has 0 aromatic rings. The minimum atomic E-state index is -0.134. The molecule has 1 N–H and O–H groups in total. The molecule has 1 heterocycles. The number of nitrogens with zero attached hydrogens (tertiary/aromatic N) is 1. The Kier molecular flexibility index (Phi) is 1.88. The molecule has 0 saturated carbocycles. The Morgan fingerprint density at radius 3 is 2.27 bits per heavy atom. The van der Waals surface area contributed by atoms with Crippen LogP contribution in [0.15, 0.2) is 0 Å². The van der Waals surface area contributed by atoms with Crippen LogP contribution < -0.4 is 5.32 Å². The molecule has 0 radical (unpaired) electrons. The zero-order chi connectivity index (χ0) is 8.65. The molecule has 1 saturated heterocycles. The molecule has 1 aliphatic heterocycles. The van der Waals surface area contributed by atoms with Crippen molar-refractivity contribution < 1.29 is 4.79 Å². The number of carbonyl (C=O) groups is 1. The van der Waals surface area contributed by atoms with Gasteiger partial charge in [0.1, 0.15) is 4.99 Å². The minimum absolute atomic E-state index is 0.0810. The van der Waals surface area contributed by atoms with Gasteiger partial charge >= 0.3 is 6.03 Å². The molecule has 1 rings (SSSR count). The van der Waals surface area contributed by atoms with E-state index in [1.54, 1.807) is 4.90 Å². The smallest absolute Gasteiger partial charge is 0.313 e. The maximum absolute atomic E-state index is 11.2. The lowest BCUT2D eigenvalue weighted by molar-refractivity contribution is 0.172. The number of nitrogens with one attached hydrogen (secondary N) is 1. The molecule has 11 heavy (non-hydrogen) atoms. The highest BCUT2D eigenvalue weighted by Crippen LogP contribution is 2.15. The van der Waals surface area contributed by atoms with Crippen molar-refractivity contribution in [2.24, 2.45) is 0 Å². The lowest BCUT2D eigenvalue weighted by Gasteiger charge is -2.29. The predicted octanol–water partition coefficient (Wildman–Crippen LogP) is 1.14. The third-order valence-electron chi connectivity index (χ3n) is 1.60. The van der Waals surface area contributed by atoms with E-state index in [0.29, 0.717) is 11.5 Å². The van der Waals surface area contributed by atoms with E-state index in [4.69, 9.17) is 12.2 Å². The highest BCUT2D eigenvalue weighted by Gasteiger charge is 2.32. The van der Waals surface area contributed by atoms with Gasteiger partial charge in [0, 0.05) is 5.54 Å². The minimum Gasteiger partial charge on any atom is -0.313 e. The molecule has 1 fully saturated rings. The third kappa shape index (κ3) is 1.68. The first-order valence-electron chi connectivity index (χ1n) is 3.53. The van der Waals surface area contributed by atoms with Crippen molar-refractivity contribution in [2.75, 3.05) is 6.54 Å². The van der Waals surface area contributed by atoms with Crippen molar-refractivity contribution in [1.82, 2.24) is 10.2 Å². The summed E-state index contributed by atoms with van der Waals surface area (Å²) in [6, 6.07) is -0.0810. The zero-order valence-electron chi connectivity index (χ0n) is 6.97. The largest absolute Gasteiger partial charge is 0.323 e. The van der Waals surface area contributed by atoms with Crippen LogP contribution in [0.3, 0.4) is 0 Å². The predicted molar refractivity (Wildman–Crippen MR) is 47.6 cm³/mol. The zero-order valence-corrected chi connectivity index (χ0v) is 7.79. The summed E-state index contributed by atoms with van der Waals surface area (Å²) < 4.78 is 0. The number of hydrogen-bond donors (Lipinski definition) is 1. The number of amides is 2. The van der Waals surface area contributed by atoms with E-state index in [1.807, 2.05) is 20.8 Å². The van der Waals surface area contributed by atoms with Crippen molar-refractivity contribution >= 4 is 23.2 Å². The van der Waals surface area contributed by atoms with Gasteiger partial charge in [-0.15, -0.1) is 0 Å².